The average molecular weight is 212 g/mol. The number of nitrogens with zero attached hydrogens (tertiary/aromatic N) is 1. The fourth-order valence-electron chi connectivity index (χ4n) is 1.15. The van der Waals surface area contributed by atoms with Crippen molar-refractivity contribution in [3.8, 4) is 0 Å². The van der Waals surface area contributed by atoms with E-state index in [-0.39, 0.29) is 18.4 Å². The van der Waals surface area contributed by atoms with E-state index in [4.69, 9.17) is 5.73 Å². The first-order valence-corrected chi connectivity index (χ1v) is 4.57. The molecule has 0 bridgehead atoms. The third kappa shape index (κ3) is 3.63. The van der Waals surface area contributed by atoms with Crippen molar-refractivity contribution in [2.24, 2.45) is 5.73 Å². The van der Waals surface area contributed by atoms with Crippen LogP contribution in [0.1, 0.15) is 24.4 Å². The van der Waals surface area contributed by atoms with Crippen LogP contribution in [0.4, 0.5) is 4.39 Å². The molecule has 4 nitrogen and oxygen atoms in total. The van der Waals surface area contributed by atoms with Crippen LogP contribution in [0.3, 0.4) is 0 Å². The quantitative estimate of drug-likeness (QED) is 0.601. The van der Waals surface area contributed by atoms with E-state index in [9.17, 15) is 9.18 Å². The summed E-state index contributed by atoms with van der Waals surface area (Å²) in [5, 5.41) is 0. The van der Waals surface area contributed by atoms with Gasteiger partial charge in [-0.1, -0.05) is 6.07 Å². The molecule has 0 saturated heterocycles. The van der Waals surface area contributed by atoms with Gasteiger partial charge in [0, 0.05) is 18.7 Å². The molecule has 1 aromatic heterocycles. The maximum Gasteiger partial charge on any atom is 0.305 e. The third-order valence-electron chi connectivity index (χ3n) is 2.07. The Hall–Kier alpha value is -1.49. The molecule has 0 aliphatic carbocycles. The van der Waals surface area contributed by atoms with Crippen molar-refractivity contribution in [1.29, 1.82) is 0 Å². The fraction of sp³-hybridized carbons (Fsp3) is 0.400. The largest absolute Gasteiger partial charge is 0.469 e. The van der Waals surface area contributed by atoms with Gasteiger partial charge in [-0.3, -0.25) is 4.79 Å². The highest BCUT2D eigenvalue weighted by molar-refractivity contribution is 5.69. The molecule has 0 saturated carbocycles. The number of methoxy groups -OCH3 is 1. The topological polar surface area (TPSA) is 65.2 Å². The van der Waals surface area contributed by atoms with Crippen molar-refractivity contribution in [2.45, 2.75) is 18.9 Å². The zero-order valence-corrected chi connectivity index (χ0v) is 8.44. The lowest BCUT2D eigenvalue weighted by atomic mass is 10.1. The highest BCUT2D eigenvalue weighted by Gasteiger charge is 2.09. The first-order chi connectivity index (χ1) is 7.13. The van der Waals surface area contributed by atoms with E-state index in [1.807, 2.05) is 0 Å². The van der Waals surface area contributed by atoms with E-state index in [0.717, 1.165) is 0 Å². The monoisotopic (exact) mass is 212 g/mol. The highest BCUT2D eigenvalue weighted by Crippen LogP contribution is 2.14. The van der Waals surface area contributed by atoms with Crippen LogP contribution < -0.4 is 5.73 Å². The molecule has 0 spiro atoms. The van der Waals surface area contributed by atoms with E-state index < -0.39 is 5.95 Å². The number of rotatable bonds is 4. The zero-order chi connectivity index (χ0) is 11.3. The summed E-state index contributed by atoms with van der Waals surface area (Å²) in [6.07, 6.45) is 2.08. The molecule has 0 amide bonds. The summed E-state index contributed by atoms with van der Waals surface area (Å²) in [4.78, 5) is 14.3. The Labute approximate surface area is 87.3 Å². The Morgan fingerprint density at radius 1 is 1.67 bits per heavy atom. The second kappa shape index (κ2) is 5.41. The first-order valence-electron chi connectivity index (χ1n) is 4.57. The Morgan fingerprint density at radius 2 is 2.40 bits per heavy atom. The van der Waals surface area contributed by atoms with E-state index in [1.54, 1.807) is 6.07 Å². The molecule has 0 fully saturated rings. The normalized spacial score (nSPS) is 12.2. The van der Waals surface area contributed by atoms with Gasteiger partial charge in [-0.25, -0.2) is 4.98 Å². The molecule has 1 aromatic rings. The molecule has 1 rings (SSSR count). The van der Waals surface area contributed by atoms with Crippen molar-refractivity contribution in [3.63, 3.8) is 0 Å². The smallest absolute Gasteiger partial charge is 0.305 e. The number of halogens is 1. The zero-order valence-electron chi connectivity index (χ0n) is 8.44. The minimum atomic E-state index is -0.543. The molecular formula is C10H13FN2O2. The molecule has 0 radical (unpaired) electrons. The first kappa shape index (κ1) is 11.6. The number of esters is 1. The van der Waals surface area contributed by atoms with Crippen LogP contribution >= 0.6 is 0 Å². The predicted octanol–water partition coefficient (Wildman–Crippen LogP) is 1.17. The molecule has 1 heterocycles. The summed E-state index contributed by atoms with van der Waals surface area (Å²) in [5.74, 6) is -0.848. The predicted molar refractivity (Wildman–Crippen MR) is 52.4 cm³/mol. The fourth-order valence-corrected chi connectivity index (χ4v) is 1.15. The van der Waals surface area contributed by atoms with Crippen LogP contribution in [0.15, 0.2) is 18.3 Å². The molecule has 2 N–H and O–H groups in total. The SMILES string of the molecule is COC(=O)CCC(N)c1ccc(F)nc1. The number of nitrogens with two attached hydrogens (primary N) is 1. The van der Waals surface area contributed by atoms with Gasteiger partial charge >= 0.3 is 5.97 Å². The molecule has 5 heteroatoms. The maximum atomic E-state index is 12.5. The number of pyridine rings is 1. The van der Waals surface area contributed by atoms with Gasteiger partial charge in [0.25, 0.3) is 0 Å². The van der Waals surface area contributed by atoms with Crippen LogP contribution in [0.5, 0.6) is 0 Å². The van der Waals surface area contributed by atoms with Crippen LogP contribution in [0.25, 0.3) is 0 Å². The molecule has 1 atom stereocenters. The number of ether oxygens (including phenoxy) is 1. The number of carbonyl (C=O) groups excluding carboxylic acids is 1. The Kier molecular flexibility index (Phi) is 4.17. The van der Waals surface area contributed by atoms with Gasteiger partial charge in [0.2, 0.25) is 5.95 Å². The molecule has 1 unspecified atom stereocenters. The van der Waals surface area contributed by atoms with E-state index in [0.29, 0.717) is 12.0 Å². The minimum absolute atomic E-state index is 0.245. The van der Waals surface area contributed by atoms with Gasteiger partial charge in [0.15, 0.2) is 0 Å². The minimum Gasteiger partial charge on any atom is -0.469 e. The molecule has 15 heavy (non-hydrogen) atoms. The lowest BCUT2D eigenvalue weighted by Gasteiger charge is -2.10. The van der Waals surface area contributed by atoms with Gasteiger partial charge in [0.05, 0.1) is 7.11 Å². The van der Waals surface area contributed by atoms with Gasteiger partial charge in [-0.05, 0) is 18.1 Å². The second-order valence-corrected chi connectivity index (χ2v) is 3.14. The Morgan fingerprint density at radius 3 is 2.93 bits per heavy atom. The number of hydrogen-bond donors (Lipinski definition) is 1. The molecule has 0 aliphatic heterocycles. The van der Waals surface area contributed by atoms with Gasteiger partial charge in [0.1, 0.15) is 0 Å². The lowest BCUT2D eigenvalue weighted by Crippen LogP contribution is -2.13. The standard InChI is InChI=1S/C10H13FN2O2/c1-15-10(14)5-3-8(12)7-2-4-9(11)13-6-7/h2,4,6,8H,3,5,12H2,1H3. The maximum absolute atomic E-state index is 12.5. The van der Waals surface area contributed by atoms with Crippen LogP contribution in [0, 0.1) is 5.95 Å². The average Bonchev–Trinajstić information content (AvgIpc) is 2.26. The molecule has 0 aliphatic rings. The van der Waals surface area contributed by atoms with E-state index in [1.165, 1.54) is 19.4 Å². The van der Waals surface area contributed by atoms with Gasteiger partial charge < -0.3 is 10.5 Å². The van der Waals surface area contributed by atoms with Crippen molar-refractivity contribution in [3.05, 3.63) is 29.8 Å². The number of hydrogen-bond acceptors (Lipinski definition) is 4. The highest BCUT2D eigenvalue weighted by atomic mass is 19.1. The Balaban J connectivity index is 2.50. The third-order valence-corrected chi connectivity index (χ3v) is 2.07. The summed E-state index contributed by atoms with van der Waals surface area (Å²) < 4.78 is 17.0. The van der Waals surface area contributed by atoms with E-state index >= 15 is 0 Å². The Bertz CT molecular complexity index is 327. The molecule has 0 aromatic carbocycles. The van der Waals surface area contributed by atoms with Crippen molar-refractivity contribution in [2.75, 3.05) is 7.11 Å². The lowest BCUT2D eigenvalue weighted by molar-refractivity contribution is -0.140. The van der Waals surface area contributed by atoms with Crippen molar-refractivity contribution < 1.29 is 13.9 Å². The second-order valence-electron chi connectivity index (χ2n) is 3.14. The molecular weight excluding hydrogens is 199 g/mol. The van der Waals surface area contributed by atoms with Crippen LogP contribution in [0.2, 0.25) is 0 Å². The van der Waals surface area contributed by atoms with E-state index in [2.05, 4.69) is 9.72 Å². The summed E-state index contributed by atoms with van der Waals surface area (Å²) in [6, 6.07) is 2.48. The summed E-state index contributed by atoms with van der Waals surface area (Å²) >= 11 is 0. The van der Waals surface area contributed by atoms with Crippen LogP contribution in [-0.4, -0.2) is 18.1 Å². The van der Waals surface area contributed by atoms with Crippen molar-refractivity contribution >= 4 is 5.97 Å². The van der Waals surface area contributed by atoms with Crippen LogP contribution in [-0.2, 0) is 9.53 Å². The van der Waals surface area contributed by atoms with Crippen molar-refractivity contribution in [1.82, 2.24) is 4.98 Å². The number of aromatic nitrogens is 1. The molecule has 82 valence electrons. The summed E-state index contributed by atoms with van der Waals surface area (Å²) in [7, 11) is 1.33. The summed E-state index contributed by atoms with van der Waals surface area (Å²) in [6.45, 7) is 0. The van der Waals surface area contributed by atoms with Gasteiger partial charge in [-0.15, -0.1) is 0 Å². The number of carbonyl (C=O) groups is 1. The summed E-state index contributed by atoms with van der Waals surface area (Å²) in [5.41, 5.74) is 6.49. The van der Waals surface area contributed by atoms with Gasteiger partial charge in [-0.2, -0.15) is 4.39 Å².